The maximum atomic E-state index is 15.5. The Morgan fingerprint density at radius 3 is 2.27 bits per heavy atom. The quantitative estimate of drug-likeness (QED) is 0.555. The maximum absolute atomic E-state index is 15.5. The van der Waals surface area contributed by atoms with Crippen LogP contribution in [0.15, 0.2) is 48.5 Å². The molecule has 1 heterocycles. The van der Waals surface area contributed by atoms with Crippen molar-refractivity contribution in [1.29, 1.82) is 0 Å². The third-order valence-electron chi connectivity index (χ3n) is 6.30. The summed E-state index contributed by atoms with van der Waals surface area (Å²) in [4.78, 5) is 13.5. The van der Waals surface area contributed by atoms with Crippen molar-refractivity contribution in [3.8, 4) is 0 Å². The monoisotopic (exact) mass is 474 g/mol. The molecule has 4 atom stereocenters. The predicted molar refractivity (Wildman–Crippen MR) is 132 cm³/mol. The molecule has 0 unspecified atom stereocenters. The molecule has 3 rings (SSSR count). The Labute approximate surface area is 202 Å². The Kier molecular flexibility index (Phi) is 7.28. The zero-order valence-electron chi connectivity index (χ0n) is 20.4. The lowest BCUT2D eigenvalue weighted by Crippen LogP contribution is -2.50. The lowest BCUT2D eigenvalue weighted by molar-refractivity contribution is -0.157. The van der Waals surface area contributed by atoms with Crippen LogP contribution < -0.4 is 11.1 Å². The number of ether oxygens (including phenoxy) is 1. The predicted octanol–water partition coefficient (Wildman–Crippen LogP) is 5.58. The number of nitrogens with one attached hydrogen (secondary N) is 1. The van der Waals surface area contributed by atoms with Gasteiger partial charge in [-0.3, -0.25) is 4.79 Å². The minimum Gasteiger partial charge on any atom is -0.459 e. The molecule has 0 aliphatic carbocycles. The molecule has 6 heteroatoms. The van der Waals surface area contributed by atoms with Crippen molar-refractivity contribution in [2.75, 3.05) is 6.54 Å². The average molecular weight is 475 g/mol. The van der Waals surface area contributed by atoms with Gasteiger partial charge in [-0.25, -0.2) is 4.39 Å². The standard InChI is InChI=1S/C27H36ClFN2O2/c1-25(2,3)15-21-27(16-30,19-13-12-18(28)14-20(19)29)22(17-10-8-7-9-11-17)23(31-21)24(32)33-26(4,5)6/h7-14,21-23,31H,15-16,30H2,1-6H3/t21-,22-,23+,27-/m0/s1. The zero-order valence-corrected chi connectivity index (χ0v) is 21.2. The van der Waals surface area contributed by atoms with E-state index < -0.39 is 28.8 Å². The second-order valence-electron chi connectivity index (χ2n) is 11.3. The summed E-state index contributed by atoms with van der Waals surface area (Å²) in [6.45, 7) is 12.1. The zero-order chi connectivity index (χ0) is 24.6. The highest BCUT2D eigenvalue weighted by Crippen LogP contribution is 2.51. The summed E-state index contributed by atoms with van der Waals surface area (Å²) in [5, 5.41) is 3.87. The van der Waals surface area contributed by atoms with E-state index in [1.165, 1.54) is 6.07 Å². The first-order chi connectivity index (χ1) is 15.3. The van der Waals surface area contributed by atoms with Crippen molar-refractivity contribution in [1.82, 2.24) is 5.32 Å². The highest BCUT2D eigenvalue weighted by atomic mass is 35.5. The van der Waals surface area contributed by atoms with E-state index in [9.17, 15) is 4.79 Å². The van der Waals surface area contributed by atoms with E-state index in [2.05, 4.69) is 26.1 Å². The highest BCUT2D eigenvalue weighted by Gasteiger charge is 2.59. The van der Waals surface area contributed by atoms with Gasteiger partial charge in [0, 0.05) is 28.9 Å². The molecule has 0 aromatic heterocycles. The molecule has 0 bridgehead atoms. The lowest BCUT2D eigenvalue weighted by atomic mass is 9.62. The second kappa shape index (κ2) is 9.36. The number of hydrogen-bond donors (Lipinski definition) is 2. The van der Waals surface area contributed by atoms with Crippen LogP contribution >= 0.6 is 11.6 Å². The van der Waals surface area contributed by atoms with Crippen molar-refractivity contribution in [2.24, 2.45) is 11.1 Å². The molecular formula is C27H36ClFN2O2. The summed E-state index contributed by atoms with van der Waals surface area (Å²) < 4.78 is 21.4. The van der Waals surface area contributed by atoms with Crippen LogP contribution in [0, 0.1) is 11.2 Å². The lowest BCUT2D eigenvalue weighted by Gasteiger charge is -2.42. The SMILES string of the molecule is CC(C)(C)C[C@@H]1N[C@@H](C(=O)OC(C)(C)C)[C@H](c2ccccc2)[C@@]1(CN)c1ccc(Cl)cc1F. The number of esters is 1. The molecule has 2 aromatic carbocycles. The van der Waals surface area contributed by atoms with Crippen LogP contribution in [-0.2, 0) is 14.9 Å². The van der Waals surface area contributed by atoms with Crippen molar-refractivity contribution < 1.29 is 13.9 Å². The van der Waals surface area contributed by atoms with Crippen molar-refractivity contribution >= 4 is 17.6 Å². The van der Waals surface area contributed by atoms with E-state index in [-0.39, 0.29) is 24.0 Å². The second-order valence-corrected chi connectivity index (χ2v) is 11.7. The van der Waals surface area contributed by atoms with E-state index in [0.717, 1.165) is 5.56 Å². The molecule has 0 spiro atoms. The van der Waals surface area contributed by atoms with Gasteiger partial charge in [0.1, 0.15) is 17.5 Å². The number of carbonyl (C=O) groups excluding carboxylic acids is 1. The topological polar surface area (TPSA) is 64.3 Å². The molecule has 0 radical (unpaired) electrons. The van der Waals surface area contributed by atoms with Crippen molar-refractivity contribution in [3.05, 3.63) is 70.5 Å². The minimum atomic E-state index is -0.884. The summed E-state index contributed by atoms with van der Waals surface area (Å²) in [7, 11) is 0. The smallest absolute Gasteiger partial charge is 0.324 e. The van der Waals surface area contributed by atoms with Gasteiger partial charge in [0.15, 0.2) is 0 Å². The van der Waals surface area contributed by atoms with Gasteiger partial charge in [-0.2, -0.15) is 0 Å². The molecule has 0 saturated carbocycles. The first-order valence-corrected chi connectivity index (χ1v) is 11.9. The van der Waals surface area contributed by atoms with E-state index >= 15 is 4.39 Å². The van der Waals surface area contributed by atoms with Crippen LogP contribution in [0.5, 0.6) is 0 Å². The fraction of sp³-hybridized carbons (Fsp3) is 0.519. The van der Waals surface area contributed by atoms with E-state index in [0.29, 0.717) is 17.0 Å². The van der Waals surface area contributed by atoms with Crippen LogP contribution in [-0.4, -0.2) is 30.2 Å². The van der Waals surface area contributed by atoms with E-state index in [1.54, 1.807) is 12.1 Å². The van der Waals surface area contributed by atoms with Crippen LogP contribution in [0.3, 0.4) is 0 Å². The Morgan fingerprint density at radius 2 is 1.76 bits per heavy atom. The molecule has 4 nitrogen and oxygen atoms in total. The Hall–Kier alpha value is -1.95. The number of nitrogens with two attached hydrogens (primary N) is 1. The first-order valence-electron chi connectivity index (χ1n) is 11.5. The average Bonchev–Trinajstić information content (AvgIpc) is 3.00. The van der Waals surface area contributed by atoms with Gasteiger partial charge in [-0.05, 0) is 55.9 Å². The molecule has 1 aliphatic rings. The summed E-state index contributed by atoms with van der Waals surface area (Å²) in [5.74, 6) is -1.21. The van der Waals surface area contributed by atoms with Crippen LogP contribution in [0.1, 0.15) is 65.0 Å². The van der Waals surface area contributed by atoms with Crippen molar-refractivity contribution in [3.63, 3.8) is 0 Å². The fourth-order valence-electron chi connectivity index (χ4n) is 5.15. The van der Waals surface area contributed by atoms with E-state index in [1.807, 2.05) is 51.1 Å². The maximum Gasteiger partial charge on any atom is 0.324 e. The van der Waals surface area contributed by atoms with Gasteiger partial charge in [0.05, 0.1) is 0 Å². The third-order valence-corrected chi connectivity index (χ3v) is 6.53. The number of carbonyl (C=O) groups is 1. The number of halogens is 2. The van der Waals surface area contributed by atoms with Crippen molar-refractivity contribution in [2.45, 2.75) is 77.0 Å². The van der Waals surface area contributed by atoms with Gasteiger partial charge in [0.25, 0.3) is 0 Å². The summed E-state index contributed by atoms with van der Waals surface area (Å²) >= 11 is 6.10. The molecule has 2 aromatic rings. The molecule has 0 amide bonds. The highest BCUT2D eigenvalue weighted by molar-refractivity contribution is 6.30. The molecule has 1 aliphatic heterocycles. The number of hydrogen-bond acceptors (Lipinski definition) is 4. The molecule has 180 valence electrons. The van der Waals surface area contributed by atoms with Crippen LogP contribution in [0.2, 0.25) is 5.02 Å². The number of benzene rings is 2. The fourth-order valence-corrected chi connectivity index (χ4v) is 5.31. The molecule has 33 heavy (non-hydrogen) atoms. The summed E-state index contributed by atoms with van der Waals surface area (Å²) in [5.41, 5.74) is 6.30. The Morgan fingerprint density at radius 1 is 1.12 bits per heavy atom. The molecule has 1 fully saturated rings. The molecular weight excluding hydrogens is 439 g/mol. The molecule has 1 saturated heterocycles. The van der Waals surface area contributed by atoms with Gasteiger partial charge in [-0.1, -0.05) is 68.8 Å². The summed E-state index contributed by atoms with van der Waals surface area (Å²) in [6, 6.07) is 13.5. The van der Waals surface area contributed by atoms with E-state index in [4.69, 9.17) is 22.1 Å². The van der Waals surface area contributed by atoms with Gasteiger partial charge >= 0.3 is 5.97 Å². The van der Waals surface area contributed by atoms with Gasteiger partial charge < -0.3 is 15.8 Å². The van der Waals surface area contributed by atoms with Gasteiger partial charge in [0.2, 0.25) is 0 Å². The third kappa shape index (κ3) is 5.42. The minimum absolute atomic E-state index is 0.0922. The Bertz CT molecular complexity index is 984. The Balaban J connectivity index is 2.27. The van der Waals surface area contributed by atoms with Gasteiger partial charge in [-0.15, -0.1) is 0 Å². The largest absolute Gasteiger partial charge is 0.459 e. The molecule has 3 N–H and O–H groups in total. The van der Waals surface area contributed by atoms with Crippen LogP contribution in [0.4, 0.5) is 4.39 Å². The number of rotatable bonds is 5. The first kappa shape index (κ1) is 25.7. The normalized spacial score (nSPS) is 25.8. The van der Waals surface area contributed by atoms with Crippen LogP contribution in [0.25, 0.3) is 0 Å². The summed E-state index contributed by atoms with van der Waals surface area (Å²) in [6.07, 6.45) is 0.689.